The molecule has 1 aromatic heterocycles. The van der Waals surface area contributed by atoms with Crippen LogP contribution < -0.4 is 16.2 Å². The molecule has 0 spiro atoms. The van der Waals surface area contributed by atoms with Crippen LogP contribution >= 0.6 is 11.3 Å². The lowest BCUT2D eigenvalue weighted by atomic mass is 10.0. The molecule has 1 aromatic carbocycles. The lowest BCUT2D eigenvalue weighted by Crippen LogP contribution is -2.54. The maximum Gasteiger partial charge on any atom is 0.261 e. The molecule has 2 aromatic rings. The number of amides is 3. The molecule has 1 heterocycles. The molecule has 0 saturated heterocycles. The van der Waals surface area contributed by atoms with Gasteiger partial charge < -0.3 is 5.32 Å². The Morgan fingerprint density at radius 2 is 1.81 bits per heavy atom. The summed E-state index contributed by atoms with van der Waals surface area (Å²) in [5.41, 5.74) is 5.93. The van der Waals surface area contributed by atoms with Crippen LogP contribution in [0.2, 0.25) is 0 Å². The number of benzene rings is 1. The monoisotopic (exact) mass is 392 g/mol. The van der Waals surface area contributed by atoms with Crippen LogP contribution in [0.25, 0.3) is 10.6 Å². The first-order valence-electron chi connectivity index (χ1n) is 8.32. The number of carbonyl (C=O) groups excluding carboxylic acids is 3. The highest BCUT2D eigenvalue weighted by molar-refractivity contribution is 7.13. The maximum absolute atomic E-state index is 13.0. The largest absolute Gasteiger partial charge is 0.344 e. The summed E-state index contributed by atoms with van der Waals surface area (Å²) in [4.78, 5) is 39.7. The molecule has 0 bridgehead atoms. The number of carbonyl (C=O) groups is 3. The molecule has 1 atom stereocenters. The number of aromatic nitrogens is 1. The van der Waals surface area contributed by atoms with Gasteiger partial charge in [0.25, 0.3) is 5.91 Å². The van der Waals surface area contributed by atoms with Gasteiger partial charge in [-0.1, -0.05) is 13.8 Å². The Hall–Kier alpha value is -2.81. The Bertz CT molecular complexity index is 820. The van der Waals surface area contributed by atoms with Crippen LogP contribution in [0.1, 0.15) is 26.5 Å². The highest BCUT2D eigenvalue weighted by Crippen LogP contribution is 2.24. The fourth-order valence-corrected chi connectivity index (χ4v) is 3.11. The van der Waals surface area contributed by atoms with Gasteiger partial charge >= 0.3 is 0 Å². The third kappa shape index (κ3) is 6.14. The van der Waals surface area contributed by atoms with E-state index in [1.807, 2.05) is 0 Å². The van der Waals surface area contributed by atoms with Crippen LogP contribution in [0.5, 0.6) is 0 Å². The molecular weight excluding hydrogens is 371 g/mol. The molecule has 0 radical (unpaired) electrons. The second kappa shape index (κ2) is 9.22. The molecule has 7 nitrogen and oxygen atoms in total. The minimum absolute atomic E-state index is 0.0234. The van der Waals surface area contributed by atoms with E-state index in [0.717, 1.165) is 5.56 Å². The van der Waals surface area contributed by atoms with Crippen LogP contribution in [0.4, 0.5) is 4.39 Å². The Kier molecular flexibility index (Phi) is 7.00. The van der Waals surface area contributed by atoms with E-state index in [0.29, 0.717) is 10.7 Å². The van der Waals surface area contributed by atoms with Crippen LogP contribution in [0.3, 0.4) is 0 Å². The third-order valence-electron chi connectivity index (χ3n) is 3.62. The number of hydrogen-bond acceptors (Lipinski definition) is 5. The molecule has 3 amide bonds. The molecular formula is C18H21FN4O3S. The summed E-state index contributed by atoms with van der Waals surface area (Å²) in [6.07, 6.45) is -0.0234. The molecule has 0 unspecified atom stereocenters. The van der Waals surface area contributed by atoms with E-state index >= 15 is 0 Å². The van der Waals surface area contributed by atoms with Gasteiger partial charge in [0.05, 0.1) is 12.1 Å². The molecule has 3 N–H and O–H groups in total. The van der Waals surface area contributed by atoms with Crippen molar-refractivity contribution in [1.82, 2.24) is 21.2 Å². The average Bonchev–Trinajstić information content (AvgIpc) is 3.06. The van der Waals surface area contributed by atoms with Crippen LogP contribution in [-0.2, 0) is 20.8 Å². The SMILES string of the molecule is CC(=O)N[C@H](C(=O)NNC(=O)Cc1csc(-c2ccc(F)cc2)n1)C(C)C. The molecule has 144 valence electrons. The van der Waals surface area contributed by atoms with Gasteiger partial charge in [-0.3, -0.25) is 25.2 Å². The lowest BCUT2D eigenvalue weighted by Gasteiger charge is -2.20. The topological polar surface area (TPSA) is 100 Å². The molecule has 0 aliphatic heterocycles. The minimum atomic E-state index is -0.743. The fourth-order valence-electron chi connectivity index (χ4n) is 2.28. The van der Waals surface area contributed by atoms with Crippen molar-refractivity contribution in [3.8, 4) is 10.6 Å². The van der Waals surface area contributed by atoms with Crippen molar-refractivity contribution in [3.05, 3.63) is 41.2 Å². The van der Waals surface area contributed by atoms with E-state index in [1.54, 1.807) is 31.4 Å². The van der Waals surface area contributed by atoms with Crippen molar-refractivity contribution >= 4 is 29.1 Å². The normalized spacial score (nSPS) is 11.7. The first kappa shape index (κ1) is 20.5. The summed E-state index contributed by atoms with van der Waals surface area (Å²) in [6.45, 7) is 4.89. The van der Waals surface area contributed by atoms with Crippen LogP contribution in [0, 0.1) is 11.7 Å². The second-order valence-corrected chi connectivity index (χ2v) is 7.15. The first-order valence-corrected chi connectivity index (χ1v) is 9.20. The predicted octanol–water partition coefficient (Wildman–Crippen LogP) is 1.80. The average molecular weight is 392 g/mol. The molecule has 0 aliphatic rings. The van der Waals surface area contributed by atoms with Crippen LogP contribution in [-0.4, -0.2) is 28.7 Å². The zero-order valence-electron chi connectivity index (χ0n) is 15.2. The third-order valence-corrected chi connectivity index (χ3v) is 4.56. The summed E-state index contributed by atoms with van der Waals surface area (Å²) in [5.74, 6) is -1.73. The van der Waals surface area contributed by atoms with Crippen molar-refractivity contribution < 1.29 is 18.8 Å². The molecule has 0 fully saturated rings. The van der Waals surface area contributed by atoms with Gasteiger partial charge in [0.2, 0.25) is 11.8 Å². The minimum Gasteiger partial charge on any atom is -0.344 e. The van der Waals surface area contributed by atoms with E-state index < -0.39 is 17.9 Å². The number of thiazole rings is 1. The highest BCUT2D eigenvalue weighted by Gasteiger charge is 2.23. The van der Waals surface area contributed by atoms with Crippen molar-refractivity contribution in [3.63, 3.8) is 0 Å². The molecule has 2 rings (SSSR count). The Morgan fingerprint density at radius 3 is 2.41 bits per heavy atom. The zero-order chi connectivity index (χ0) is 20.0. The van der Waals surface area contributed by atoms with Crippen molar-refractivity contribution in [2.75, 3.05) is 0 Å². The van der Waals surface area contributed by atoms with Crippen molar-refractivity contribution in [2.45, 2.75) is 33.2 Å². The van der Waals surface area contributed by atoms with Crippen molar-refractivity contribution in [2.24, 2.45) is 5.92 Å². The smallest absolute Gasteiger partial charge is 0.261 e. The summed E-state index contributed by atoms with van der Waals surface area (Å²) >= 11 is 1.34. The van der Waals surface area contributed by atoms with Gasteiger partial charge in [0.1, 0.15) is 16.9 Å². The van der Waals surface area contributed by atoms with E-state index in [4.69, 9.17) is 0 Å². The van der Waals surface area contributed by atoms with E-state index in [1.165, 1.54) is 30.4 Å². The number of hydrazine groups is 1. The Labute approximate surface area is 160 Å². The van der Waals surface area contributed by atoms with Gasteiger partial charge in [-0.15, -0.1) is 11.3 Å². The summed E-state index contributed by atoms with van der Waals surface area (Å²) < 4.78 is 13.0. The van der Waals surface area contributed by atoms with Gasteiger partial charge in [0.15, 0.2) is 0 Å². The standard InChI is InChI=1S/C18H21FN4O3S/c1-10(2)16(20-11(3)24)17(26)23-22-15(25)8-14-9-27-18(21-14)12-4-6-13(19)7-5-12/h4-7,9-10,16H,8H2,1-3H3,(H,20,24)(H,22,25)(H,23,26)/t16-/m0/s1. The van der Waals surface area contributed by atoms with Gasteiger partial charge in [-0.05, 0) is 30.2 Å². The van der Waals surface area contributed by atoms with E-state index in [2.05, 4.69) is 21.2 Å². The molecule has 9 heteroatoms. The summed E-state index contributed by atoms with van der Waals surface area (Å²) in [6, 6.07) is 5.18. The fraction of sp³-hybridized carbons (Fsp3) is 0.333. The predicted molar refractivity (Wildman–Crippen MR) is 99.9 cm³/mol. The lowest BCUT2D eigenvalue weighted by molar-refractivity contribution is -0.132. The van der Waals surface area contributed by atoms with Gasteiger partial charge in [-0.25, -0.2) is 9.37 Å². The van der Waals surface area contributed by atoms with Crippen LogP contribution in [0.15, 0.2) is 29.6 Å². The Morgan fingerprint density at radius 1 is 1.15 bits per heavy atom. The number of nitrogens with zero attached hydrogens (tertiary/aromatic N) is 1. The Balaban J connectivity index is 1.89. The van der Waals surface area contributed by atoms with Gasteiger partial charge in [-0.2, -0.15) is 0 Å². The molecule has 0 saturated carbocycles. The zero-order valence-corrected chi connectivity index (χ0v) is 16.0. The summed E-state index contributed by atoms with van der Waals surface area (Å²) in [7, 11) is 0. The second-order valence-electron chi connectivity index (χ2n) is 6.29. The number of halogens is 1. The quantitative estimate of drug-likeness (QED) is 0.653. The maximum atomic E-state index is 13.0. The number of hydrogen-bond donors (Lipinski definition) is 3. The highest BCUT2D eigenvalue weighted by atomic mass is 32.1. The van der Waals surface area contributed by atoms with Gasteiger partial charge in [0, 0.05) is 17.9 Å². The summed E-state index contributed by atoms with van der Waals surface area (Å²) in [5, 5.41) is 4.94. The van der Waals surface area contributed by atoms with E-state index in [9.17, 15) is 18.8 Å². The van der Waals surface area contributed by atoms with E-state index in [-0.39, 0.29) is 24.1 Å². The molecule has 0 aliphatic carbocycles. The molecule has 27 heavy (non-hydrogen) atoms. The first-order chi connectivity index (χ1) is 12.8. The number of nitrogens with one attached hydrogen (secondary N) is 3. The van der Waals surface area contributed by atoms with Crippen molar-refractivity contribution in [1.29, 1.82) is 0 Å². The number of rotatable bonds is 6.